The molecular formula is C30H43N7O6. The number of hydrazone groups is 1. The van der Waals surface area contributed by atoms with Crippen LogP contribution in [0.4, 0.5) is 4.79 Å². The summed E-state index contributed by atoms with van der Waals surface area (Å²) in [5.41, 5.74) is 0.0404. The van der Waals surface area contributed by atoms with Gasteiger partial charge in [0.1, 0.15) is 17.3 Å². The number of hydrogen-bond donors (Lipinski definition) is 3. The van der Waals surface area contributed by atoms with E-state index in [0.29, 0.717) is 36.6 Å². The number of rotatable bonds is 7. The van der Waals surface area contributed by atoms with Crippen LogP contribution in [0, 0.1) is 11.8 Å². The quantitative estimate of drug-likeness (QED) is 0.298. The van der Waals surface area contributed by atoms with Gasteiger partial charge in [-0.3, -0.25) is 9.69 Å². The van der Waals surface area contributed by atoms with Gasteiger partial charge in [-0.05, 0) is 59.1 Å². The van der Waals surface area contributed by atoms with Crippen LogP contribution in [0.25, 0.3) is 0 Å². The van der Waals surface area contributed by atoms with Crippen LogP contribution in [-0.4, -0.2) is 102 Å². The van der Waals surface area contributed by atoms with Gasteiger partial charge in [0.15, 0.2) is 12.0 Å². The van der Waals surface area contributed by atoms with Crippen molar-refractivity contribution in [3.8, 4) is 0 Å². The summed E-state index contributed by atoms with van der Waals surface area (Å²) in [6, 6.07) is 0.175. The van der Waals surface area contributed by atoms with Crippen molar-refractivity contribution in [3.05, 3.63) is 47.3 Å². The summed E-state index contributed by atoms with van der Waals surface area (Å²) in [6.07, 6.45) is 8.08. The average molecular weight is 598 g/mol. The van der Waals surface area contributed by atoms with Crippen LogP contribution >= 0.6 is 0 Å². The molecule has 0 aromatic heterocycles. The van der Waals surface area contributed by atoms with E-state index in [4.69, 9.17) is 19.2 Å². The van der Waals surface area contributed by atoms with E-state index in [0.717, 1.165) is 19.3 Å². The number of nitrogens with one attached hydrogen (secondary N) is 2. The lowest BCUT2D eigenvalue weighted by atomic mass is 10.2. The van der Waals surface area contributed by atoms with Crippen LogP contribution in [0.15, 0.2) is 57.4 Å². The molecule has 0 aromatic carbocycles. The number of allylic oxidation sites excluding steroid dienone is 2. The Hall–Kier alpha value is -3.68. The van der Waals surface area contributed by atoms with E-state index >= 15 is 0 Å². The minimum atomic E-state index is -0.938. The normalized spacial score (nSPS) is 31.0. The van der Waals surface area contributed by atoms with Crippen LogP contribution in [-0.2, 0) is 19.0 Å². The molecule has 1 saturated heterocycles. The van der Waals surface area contributed by atoms with Crippen molar-refractivity contribution < 1.29 is 28.9 Å². The molecule has 3 N–H and O–H groups in total. The van der Waals surface area contributed by atoms with E-state index in [2.05, 4.69) is 22.5 Å². The molecule has 13 nitrogen and oxygen atoms in total. The number of amides is 2. The minimum Gasteiger partial charge on any atom is -0.443 e. The summed E-state index contributed by atoms with van der Waals surface area (Å²) in [5, 5.41) is 23.0. The molecule has 2 saturated carbocycles. The molecule has 0 aromatic rings. The Labute approximate surface area is 252 Å². The molecule has 1 unspecified atom stereocenters. The molecule has 0 bridgehead atoms. The number of hydrogen-bond acceptors (Lipinski definition) is 11. The topological polar surface area (TPSA) is 141 Å². The summed E-state index contributed by atoms with van der Waals surface area (Å²) in [7, 11) is 3.22. The first-order valence-electron chi connectivity index (χ1n) is 14.7. The van der Waals surface area contributed by atoms with Crippen LogP contribution in [0.3, 0.4) is 0 Å². The van der Waals surface area contributed by atoms with Gasteiger partial charge in [-0.2, -0.15) is 10.1 Å². The van der Waals surface area contributed by atoms with Gasteiger partial charge in [0.05, 0.1) is 30.6 Å². The summed E-state index contributed by atoms with van der Waals surface area (Å²) in [5.74, 6) is 1.23. The molecule has 2 amide bonds. The predicted molar refractivity (Wildman–Crippen MR) is 160 cm³/mol. The second kappa shape index (κ2) is 12.1. The largest absolute Gasteiger partial charge is 0.443 e. The maximum atomic E-state index is 13.4. The van der Waals surface area contributed by atoms with Crippen molar-refractivity contribution in [3.63, 3.8) is 0 Å². The van der Waals surface area contributed by atoms with E-state index in [1.54, 1.807) is 54.0 Å². The van der Waals surface area contributed by atoms with Gasteiger partial charge < -0.3 is 34.9 Å². The van der Waals surface area contributed by atoms with E-state index in [9.17, 15) is 14.7 Å². The number of carbonyl (C=O) groups is 2. The van der Waals surface area contributed by atoms with Gasteiger partial charge in [-0.15, -0.1) is 0 Å². The third kappa shape index (κ3) is 6.48. The molecule has 43 heavy (non-hydrogen) atoms. The number of ether oxygens (including phenoxy) is 3. The molecule has 13 heteroatoms. The van der Waals surface area contributed by atoms with Crippen molar-refractivity contribution >= 4 is 24.6 Å². The Morgan fingerprint density at radius 2 is 1.98 bits per heavy atom. The fourth-order valence-electron chi connectivity index (χ4n) is 6.02. The number of aliphatic imine (C=N–C) groups is 1. The molecule has 2 aliphatic carbocycles. The molecule has 6 atom stereocenters. The SMILES string of the molecule is C=NN1C(N(C)C(=O)OC(C)(C)C)=CC(NC2=CC=CN([C@H]3[C@@H]4COC[C@@H]43)C2O)=N/C1=C(/C)C(=O)N[C@H]1CC[C@H](OC)C1. The predicted octanol–water partition coefficient (Wildman–Crippen LogP) is 2.21. The molecule has 5 rings (SSSR count). The van der Waals surface area contributed by atoms with E-state index in [-0.39, 0.29) is 41.3 Å². The van der Waals surface area contributed by atoms with Crippen LogP contribution in [0.1, 0.15) is 47.0 Å². The highest BCUT2D eigenvalue weighted by atomic mass is 16.6. The van der Waals surface area contributed by atoms with E-state index in [1.165, 1.54) is 9.91 Å². The van der Waals surface area contributed by atoms with Gasteiger partial charge in [0, 0.05) is 57.1 Å². The third-order valence-corrected chi connectivity index (χ3v) is 8.41. The second-order valence-corrected chi connectivity index (χ2v) is 12.5. The van der Waals surface area contributed by atoms with Crippen LogP contribution in [0.5, 0.6) is 0 Å². The number of nitrogens with zero attached hydrogens (tertiary/aromatic N) is 5. The van der Waals surface area contributed by atoms with Crippen molar-refractivity contribution in [2.24, 2.45) is 21.9 Å². The molecule has 5 aliphatic rings. The Morgan fingerprint density at radius 1 is 1.26 bits per heavy atom. The molecule has 0 radical (unpaired) electrons. The molecule has 0 spiro atoms. The maximum Gasteiger partial charge on any atom is 0.415 e. The minimum absolute atomic E-state index is 0.0321. The van der Waals surface area contributed by atoms with Crippen LogP contribution < -0.4 is 10.6 Å². The van der Waals surface area contributed by atoms with Crippen molar-refractivity contribution in [1.29, 1.82) is 0 Å². The molecule has 3 aliphatic heterocycles. The second-order valence-electron chi connectivity index (χ2n) is 12.5. The van der Waals surface area contributed by atoms with E-state index < -0.39 is 17.9 Å². The first-order chi connectivity index (χ1) is 20.4. The van der Waals surface area contributed by atoms with Gasteiger partial charge in [0.2, 0.25) is 0 Å². The Kier molecular flexibility index (Phi) is 8.68. The standard InChI is InChI=1S/C30H43N7O6/c1-17(27(38)32-18-10-11-19(13-18)41-7)26-34-23(14-24(37(26)31-5)35(6)29(40)43-30(2,3)4)33-22-9-8-12-36(28(22)39)25-20-15-42-16-21(20)25/h8-9,12,14,18-21,25,28,39H,5,10-11,13,15-16H2,1-4,6-7H3,(H,32,38)(H,33,34)/b26-17+/t18-,19-,20-,21+,25+,28?/m0/s1. The van der Waals surface area contributed by atoms with Gasteiger partial charge in [-0.1, -0.05) is 0 Å². The van der Waals surface area contributed by atoms with Crippen molar-refractivity contribution in [2.75, 3.05) is 27.4 Å². The number of aliphatic hydroxyl groups excluding tert-OH is 1. The molecular weight excluding hydrogens is 554 g/mol. The lowest BCUT2D eigenvalue weighted by molar-refractivity contribution is -0.118. The zero-order chi connectivity index (χ0) is 31.1. The Morgan fingerprint density at radius 3 is 2.60 bits per heavy atom. The van der Waals surface area contributed by atoms with Crippen molar-refractivity contribution in [1.82, 2.24) is 25.4 Å². The smallest absolute Gasteiger partial charge is 0.415 e. The van der Waals surface area contributed by atoms with Gasteiger partial charge in [0.25, 0.3) is 5.91 Å². The fourth-order valence-corrected chi connectivity index (χ4v) is 6.02. The van der Waals surface area contributed by atoms with Gasteiger partial charge >= 0.3 is 6.09 Å². The molecule has 3 fully saturated rings. The van der Waals surface area contributed by atoms with Crippen LogP contribution in [0.2, 0.25) is 0 Å². The zero-order valence-corrected chi connectivity index (χ0v) is 25.7. The number of carbonyl (C=O) groups excluding carboxylic acids is 2. The highest BCUT2D eigenvalue weighted by molar-refractivity contribution is 5.99. The maximum absolute atomic E-state index is 13.4. The number of amidine groups is 1. The number of fused-ring (bicyclic) bond motifs is 1. The highest BCUT2D eigenvalue weighted by Gasteiger charge is 2.58. The lowest BCUT2D eigenvalue weighted by Gasteiger charge is -2.35. The summed E-state index contributed by atoms with van der Waals surface area (Å²) in [4.78, 5) is 34.5. The highest BCUT2D eigenvalue weighted by Crippen LogP contribution is 2.49. The fraction of sp³-hybridized carbons (Fsp3) is 0.600. The molecule has 3 heterocycles. The summed E-state index contributed by atoms with van der Waals surface area (Å²) < 4.78 is 16.6. The Balaban J connectivity index is 1.43. The number of aliphatic hydroxyl groups is 1. The third-order valence-electron chi connectivity index (χ3n) is 8.41. The summed E-state index contributed by atoms with van der Waals surface area (Å²) >= 11 is 0. The summed E-state index contributed by atoms with van der Waals surface area (Å²) in [6.45, 7) is 12.1. The van der Waals surface area contributed by atoms with Gasteiger partial charge in [-0.25, -0.2) is 9.79 Å². The van der Waals surface area contributed by atoms with Crippen molar-refractivity contribution in [2.45, 2.75) is 77.0 Å². The monoisotopic (exact) mass is 597 g/mol. The Bertz CT molecular complexity index is 1290. The number of methoxy groups -OCH3 is 1. The lowest BCUT2D eigenvalue weighted by Crippen LogP contribution is -2.45. The van der Waals surface area contributed by atoms with E-state index in [1.807, 2.05) is 17.2 Å². The molecule has 234 valence electrons. The average Bonchev–Trinajstić information content (AvgIpc) is 3.27. The zero-order valence-electron chi connectivity index (χ0n) is 25.7. The first kappa shape index (κ1) is 30.8. The first-order valence-corrected chi connectivity index (χ1v) is 14.7.